The van der Waals surface area contributed by atoms with Gasteiger partial charge in [-0.15, -0.1) is 0 Å². The molecule has 6 heteroatoms. The van der Waals surface area contributed by atoms with Crippen LogP contribution in [0.3, 0.4) is 0 Å². The number of aryl methyl sites for hydroxylation is 1. The van der Waals surface area contributed by atoms with Gasteiger partial charge < -0.3 is 9.63 Å². The van der Waals surface area contributed by atoms with Crippen LogP contribution in [0.1, 0.15) is 5.56 Å². The fourth-order valence-corrected chi connectivity index (χ4v) is 2.39. The van der Waals surface area contributed by atoms with Crippen molar-refractivity contribution in [2.24, 2.45) is 0 Å². The molecule has 0 radical (unpaired) electrons. The van der Waals surface area contributed by atoms with Crippen molar-refractivity contribution in [1.82, 2.24) is 10.1 Å². The molecule has 0 atom stereocenters. The van der Waals surface area contributed by atoms with Gasteiger partial charge in [-0.1, -0.05) is 44.8 Å². The van der Waals surface area contributed by atoms with Gasteiger partial charge in [0.15, 0.2) is 0 Å². The molecule has 1 N–H and O–H groups in total. The highest BCUT2D eigenvalue weighted by atomic mass is 79.9. The Labute approximate surface area is 134 Å². The quantitative estimate of drug-likeness (QED) is 0.706. The summed E-state index contributed by atoms with van der Waals surface area (Å²) in [5, 5.41) is 13.6. The van der Waals surface area contributed by atoms with E-state index in [9.17, 15) is 5.11 Å². The number of halogens is 2. The molecule has 1 heterocycles. The Kier molecular flexibility index (Phi) is 3.69. The van der Waals surface area contributed by atoms with E-state index in [-0.39, 0.29) is 10.8 Å². The van der Waals surface area contributed by atoms with Gasteiger partial charge in [0.05, 0.1) is 5.02 Å². The highest BCUT2D eigenvalue weighted by Crippen LogP contribution is 2.30. The SMILES string of the molecule is Cc1ccc(-c2noc(-c3ccc(O)c(Cl)c3)n2)cc1Br. The molecule has 3 rings (SSSR count). The lowest BCUT2D eigenvalue weighted by molar-refractivity contribution is 0.432. The first kappa shape index (κ1) is 14.1. The predicted molar refractivity (Wildman–Crippen MR) is 84.3 cm³/mol. The molecule has 1 aromatic heterocycles. The Bertz CT molecular complexity index is 751. The first-order valence-corrected chi connectivity index (χ1v) is 7.31. The maximum Gasteiger partial charge on any atom is 0.258 e. The van der Waals surface area contributed by atoms with Gasteiger partial charge in [0, 0.05) is 15.6 Å². The van der Waals surface area contributed by atoms with Crippen molar-refractivity contribution >= 4 is 27.5 Å². The second-order valence-electron chi connectivity index (χ2n) is 4.55. The molecule has 0 saturated carbocycles. The van der Waals surface area contributed by atoms with Gasteiger partial charge in [-0.3, -0.25) is 0 Å². The molecule has 0 aliphatic heterocycles. The number of rotatable bonds is 2. The standard InChI is InChI=1S/C15H10BrClN2O2/c1-8-2-3-9(6-11(8)16)14-18-15(21-19-14)10-4-5-13(20)12(17)7-10/h2-7,20H,1H3. The molecule has 3 aromatic rings. The minimum Gasteiger partial charge on any atom is -0.506 e. The zero-order valence-corrected chi connectivity index (χ0v) is 13.3. The van der Waals surface area contributed by atoms with Gasteiger partial charge in [-0.05, 0) is 36.8 Å². The predicted octanol–water partition coefficient (Wildman–Crippen LogP) is 4.83. The number of hydrogen-bond donors (Lipinski definition) is 1. The molecule has 0 fully saturated rings. The topological polar surface area (TPSA) is 59.2 Å². The number of hydrogen-bond acceptors (Lipinski definition) is 4. The summed E-state index contributed by atoms with van der Waals surface area (Å²) >= 11 is 9.36. The van der Waals surface area contributed by atoms with Crippen LogP contribution in [0.15, 0.2) is 45.4 Å². The van der Waals surface area contributed by atoms with E-state index in [0.29, 0.717) is 17.3 Å². The van der Waals surface area contributed by atoms with Gasteiger partial charge >= 0.3 is 0 Å². The minimum atomic E-state index is 0.0163. The first-order chi connectivity index (χ1) is 10.0. The lowest BCUT2D eigenvalue weighted by Crippen LogP contribution is -1.83. The highest BCUT2D eigenvalue weighted by molar-refractivity contribution is 9.10. The van der Waals surface area contributed by atoms with E-state index < -0.39 is 0 Å². The molecule has 106 valence electrons. The average Bonchev–Trinajstić information content (AvgIpc) is 2.94. The lowest BCUT2D eigenvalue weighted by Gasteiger charge is -1.99. The summed E-state index contributed by atoms with van der Waals surface area (Å²) in [7, 11) is 0. The number of nitrogens with zero attached hydrogens (tertiary/aromatic N) is 2. The van der Waals surface area contributed by atoms with Crippen molar-refractivity contribution in [2.75, 3.05) is 0 Å². The summed E-state index contributed by atoms with van der Waals surface area (Å²) in [6.45, 7) is 2.01. The van der Waals surface area contributed by atoms with Crippen LogP contribution in [-0.4, -0.2) is 15.2 Å². The van der Waals surface area contributed by atoms with Crippen molar-refractivity contribution in [2.45, 2.75) is 6.92 Å². The summed E-state index contributed by atoms with van der Waals surface area (Å²) in [4.78, 5) is 4.35. The van der Waals surface area contributed by atoms with Crippen molar-refractivity contribution < 1.29 is 9.63 Å². The van der Waals surface area contributed by atoms with Gasteiger partial charge in [-0.25, -0.2) is 0 Å². The Hall–Kier alpha value is -1.85. The maximum absolute atomic E-state index is 9.43. The fourth-order valence-electron chi connectivity index (χ4n) is 1.83. The third kappa shape index (κ3) is 2.80. The average molecular weight is 366 g/mol. The summed E-state index contributed by atoms with van der Waals surface area (Å²) in [6, 6.07) is 10.6. The van der Waals surface area contributed by atoms with Gasteiger partial charge in [-0.2, -0.15) is 4.98 Å². The molecular formula is C15H10BrClN2O2. The van der Waals surface area contributed by atoms with Crippen molar-refractivity contribution in [3.63, 3.8) is 0 Å². The van der Waals surface area contributed by atoms with E-state index in [4.69, 9.17) is 16.1 Å². The number of phenolic OH excluding ortho intramolecular Hbond substituents is 1. The first-order valence-electron chi connectivity index (χ1n) is 6.14. The number of benzene rings is 2. The normalized spacial score (nSPS) is 10.8. The Morgan fingerprint density at radius 2 is 1.90 bits per heavy atom. The molecule has 4 nitrogen and oxygen atoms in total. The molecule has 0 aliphatic rings. The minimum absolute atomic E-state index is 0.0163. The summed E-state index contributed by atoms with van der Waals surface area (Å²) in [5.74, 6) is 0.862. The Morgan fingerprint density at radius 3 is 2.62 bits per heavy atom. The molecule has 0 bridgehead atoms. The Morgan fingerprint density at radius 1 is 1.14 bits per heavy atom. The van der Waals surface area contributed by atoms with E-state index in [1.807, 2.05) is 25.1 Å². The molecular weight excluding hydrogens is 356 g/mol. The van der Waals surface area contributed by atoms with Crippen LogP contribution in [-0.2, 0) is 0 Å². The third-order valence-electron chi connectivity index (χ3n) is 3.05. The third-order valence-corrected chi connectivity index (χ3v) is 4.21. The molecule has 0 aliphatic carbocycles. The zero-order chi connectivity index (χ0) is 15.0. The van der Waals surface area contributed by atoms with Crippen molar-refractivity contribution in [1.29, 1.82) is 0 Å². The van der Waals surface area contributed by atoms with Gasteiger partial charge in [0.2, 0.25) is 5.82 Å². The summed E-state index contributed by atoms with van der Waals surface area (Å²) in [6.07, 6.45) is 0. The zero-order valence-electron chi connectivity index (χ0n) is 11.0. The largest absolute Gasteiger partial charge is 0.506 e. The van der Waals surface area contributed by atoms with Crippen LogP contribution in [0.2, 0.25) is 5.02 Å². The van der Waals surface area contributed by atoms with Crippen LogP contribution in [0.4, 0.5) is 0 Å². The van der Waals surface area contributed by atoms with Crippen LogP contribution >= 0.6 is 27.5 Å². The monoisotopic (exact) mass is 364 g/mol. The fraction of sp³-hybridized carbons (Fsp3) is 0.0667. The molecule has 0 spiro atoms. The van der Waals surface area contributed by atoms with Crippen LogP contribution < -0.4 is 0 Å². The molecule has 21 heavy (non-hydrogen) atoms. The van der Waals surface area contributed by atoms with Gasteiger partial charge in [0.25, 0.3) is 5.89 Å². The van der Waals surface area contributed by atoms with Gasteiger partial charge in [0.1, 0.15) is 5.75 Å². The molecule has 0 unspecified atom stereocenters. The number of aromatic hydroxyl groups is 1. The summed E-state index contributed by atoms with van der Waals surface area (Å²) < 4.78 is 6.24. The molecule has 0 amide bonds. The van der Waals surface area contributed by atoms with Crippen molar-refractivity contribution in [3.05, 3.63) is 51.5 Å². The van der Waals surface area contributed by atoms with Crippen molar-refractivity contribution in [3.8, 4) is 28.6 Å². The number of aromatic nitrogens is 2. The van der Waals surface area contributed by atoms with Crippen LogP contribution in [0.25, 0.3) is 22.8 Å². The second-order valence-corrected chi connectivity index (χ2v) is 5.81. The smallest absolute Gasteiger partial charge is 0.258 e. The van der Waals surface area contributed by atoms with Crippen LogP contribution in [0, 0.1) is 6.92 Å². The Balaban J connectivity index is 1.99. The summed E-state index contributed by atoms with van der Waals surface area (Å²) in [5.41, 5.74) is 2.64. The second kappa shape index (κ2) is 5.50. The lowest BCUT2D eigenvalue weighted by atomic mass is 10.1. The highest BCUT2D eigenvalue weighted by Gasteiger charge is 2.12. The van der Waals surface area contributed by atoms with E-state index in [2.05, 4.69) is 26.1 Å². The van der Waals surface area contributed by atoms with E-state index in [0.717, 1.165) is 15.6 Å². The van der Waals surface area contributed by atoms with E-state index in [1.165, 1.54) is 6.07 Å². The van der Waals surface area contributed by atoms with E-state index >= 15 is 0 Å². The number of phenols is 1. The molecule has 0 saturated heterocycles. The van der Waals surface area contributed by atoms with Crippen LogP contribution in [0.5, 0.6) is 5.75 Å². The maximum atomic E-state index is 9.43. The molecule has 2 aromatic carbocycles. The van der Waals surface area contributed by atoms with E-state index in [1.54, 1.807) is 12.1 Å².